The molecule has 1 amide bonds. The van der Waals surface area contributed by atoms with Crippen molar-refractivity contribution in [3.8, 4) is 5.75 Å². The summed E-state index contributed by atoms with van der Waals surface area (Å²) in [4.78, 5) is 19.8. The van der Waals surface area contributed by atoms with Crippen molar-refractivity contribution in [3.63, 3.8) is 0 Å². The molecule has 0 saturated heterocycles. The maximum absolute atomic E-state index is 13.1. The average molecular weight is 581 g/mol. The Hall–Kier alpha value is -2.05. The lowest BCUT2D eigenvalue weighted by Crippen LogP contribution is -2.53. The second-order valence-corrected chi connectivity index (χ2v) is 10.4. The van der Waals surface area contributed by atoms with Crippen molar-refractivity contribution in [1.82, 2.24) is 4.90 Å². The van der Waals surface area contributed by atoms with E-state index in [-0.39, 0.29) is 0 Å². The summed E-state index contributed by atoms with van der Waals surface area (Å²) in [6.07, 6.45) is 0. The first-order valence-corrected chi connectivity index (χ1v) is 12.6. The Morgan fingerprint density at radius 1 is 0.971 bits per heavy atom. The highest BCUT2D eigenvalue weighted by molar-refractivity contribution is 9.10. The molecule has 0 saturated carbocycles. The largest absolute Gasteiger partial charge is 0.493 e. The molecule has 1 aliphatic heterocycles. The molecule has 176 valence electrons. The molecular weight excluding hydrogens is 559 g/mol. The van der Waals surface area contributed by atoms with E-state index in [9.17, 15) is 4.79 Å². The molecule has 0 spiro atoms. The summed E-state index contributed by atoms with van der Waals surface area (Å²) >= 11 is 22.2. The molecule has 0 fully saturated rings. The van der Waals surface area contributed by atoms with E-state index >= 15 is 0 Å². The minimum Gasteiger partial charge on any atom is -0.493 e. The van der Waals surface area contributed by atoms with Gasteiger partial charge >= 0.3 is 5.37 Å². The van der Waals surface area contributed by atoms with Crippen LogP contribution in [-0.4, -0.2) is 22.7 Å². The molecule has 1 unspecified atom stereocenters. The number of carbonyl (C=O) groups is 1. The van der Waals surface area contributed by atoms with Crippen LogP contribution in [0.3, 0.4) is 0 Å². The van der Waals surface area contributed by atoms with Crippen LogP contribution in [0.5, 0.6) is 5.75 Å². The summed E-state index contributed by atoms with van der Waals surface area (Å²) in [5.41, 5.74) is 0.467. The van der Waals surface area contributed by atoms with Crippen LogP contribution in [0.2, 0.25) is 10.0 Å². The van der Waals surface area contributed by atoms with Crippen LogP contribution < -0.4 is 4.74 Å². The Morgan fingerprint density at radius 2 is 1.53 bits per heavy atom. The Labute approximate surface area is 222 Å². The monoisotopic (exact) mass is 578 g/mol. The van der Waals surface area contributed by atoms with Gasteiger partial charge in [-0.1, -0.05) is 63.4 Å². The summed E-state index contributed by atoms with van der Waals surface area (Å²) in [7, 11) is 0. The number of amidine groups is 1. The second kappa shape index (κ2) is 9.54. The van der Waals surface area contributed by atoms with Gasteiger partial charge in [0.15, 0.2) is 0 Å². The standard InChI is InChI=1S/C26H22BrCl3N2O2/c1-4-34-22-15-18(27)9-14-21(22)23-31-25(2,16-5-10-19(28)11-6-16)26(3,32(23)24(30)33)17-7-12-20(29)13-8-17/h5-15H,4H2,1-3H3/t25?,26-/m1/s1. The van der Waals surface area contributed by atoms with Crippen LogP contribution in [0.15, 0.2) is 76.2 Å². The van der Waals surface area contributed by atoms with E-state index in [2.05, 4.69) is 15.9 Å². The van der Waals surface area contributed by atoms with Gasteiger partial charge in [0, 0.05) is 14.5 Å². The SMILES string of the molecule is CCOc1cc(Br)ccc1C1=NC(C)(c2ccc(Cl)cc2)[C@@](C)(c2ccc(Cl)cc2)N1C(=O)Cl. The molecule has 3 aromatic carbocycles. The third-order valence-electron chi connectivity index (χ3n) is 6.41. The molecule has 0 aromatic heterocycles. The van der Waals surface area contributed by atoms with Gasteiger partial charge in [-0.3, -0.25) is 14.7 Å². The molecule has 8 heteroatoms. The fourth-order valence-corrected chi connectivity index (χ4v) is 5.34. The molecule has 0 aliphatic carbocycles. The lowest BCUT2D eigenvalue weighted by Gasteiger charge is -2.44. The molecule has 4 nitrogen and oxygen atoms in total. The van der Waals surface area contributed by atoms with E-state index in [0.29, 0.717) is 33.8 Å². The van der Waals surface area contributed by atoms with Crippen molar-refractivity contribution in [2.45, 2.75) is 31.8 Å². The van der Waals surface area contributed by atoms with Gasteiger partial charge in [0.1, 0.15) is 22.7 Å². The average Bonchev–Trinajstić information content (AvgIpc) is 3.04. The van der Waals surface area contributed by atoms with Crippen LogP contribution in [0, 0.1) is 0 Å². The molecule has 34 heavy (non-hydrogen) atoms. The van der Waals surface area contributed by atoms with Crippen molar-refractivity contribution >= 4 is 61.9 Å². The van der Waals surface area contributed by atoms with E-state index in [0.717, 1.165) is 15.6 Å². The number of aliphatic imine (C=N–C) groups is 1. The molecule has 0 radical (unpaired) electrons. The number of ether oxygens (including phenoxy) is 1. The second-order valence-electron chi connectivity index (χ2n) is 8.26. The normalized spacial score (nSPS) is 22.0. The predicted molar refractivity (Wildman–Crippen MR) is 143 cm³/mol. The smallest absolute Gasteiger partial charge is 0.322 e. The maximum atomic E-state index is 13.1. The number of nitrogens with zero attached hydrogens (tertiary/aromatic N) is 2. The van der Waals surface area contributed by atoms with Crippen molar-refractivity contribution in [3.05, 3.63) is 97.9 Å². The summed E-state index contributed by atoms with van der Waals surface area (Å²) in [5.74, 6) is 1.02. The van der Waals surface area contributed by atoms with Crippen LogP contribution in [0.25, 0.3) is 0 Å². The molecule has 0 N–H and O–H groups in total. The molecule has 0 bridgehead atoms. The number of benzene rings is 3. The molecule has 4 rings (SSSR count). The number of carbonyl (C=O) groups excluding carboxylic acids is 1. The Kier molecular flexibility index (Phi) is 7.03. The van der Waals surface area contributed by atoms with E-state index in [4.69, 9.17) is 44.5 Å². The summed E-state index contributed by atoms with van der Waals surface area (Å²) in [6, 6.07) is 20.5. The Balaban J connectivity index is 2.04. The number of rotatable bonds is 5. The van der Waals surface area contributed by atoms with E-state index in [1.165, 1.54) is 4.90 Å². The van der Waals surface area contributed by atoms with Crippen LogP contribution in [0.1, 0.15) is 37.5 Å². The summed E-state index contributed by atoms with van der Waals surface area (Å²) < 4.78 is 6.76. The highest BCUT2D eigenvalue weighted by Gasteiger charge is 2.59. The van der Waals surface area contributed by atoms with Gasteiger partial charge in [-0.15, -0.1) is 0 Å². The van der Waals surface area contributed by atoms with Gasteiger partial charge in [-0.05, 0) is 86.0 Å². The molecule has 3 aromatic rings. The van der Waals surface area contributed by atoms with Crippen molar-refractivity contribution in [2.75, 3.05) is 6.61 Å². The fourth-order valence-electron chi connectivity index (χ4n) is 4.50. The Morgan fingerprint density at radius 3 is 2.06 bits per heavy atom. The van der Waals surface area contributed by atoms with E-state index in [1.807, 2.05) is 75.4 Å². The number of hydrogen-bond donors (Lipinski definition) is 0. The van der Waals surface area contributed by atoms with E-state index < -0.39 is 16.4 Å². The maximum Gasteiger partial charge on any atom is 0.322 e. The zero-order valence-corrected chi connectivity index (χ0v) is 22.6. The summed E-state index contributed by atoms with van der Waals surface area (Å²) in [5, 5.41) is 0.550. The molecule has 1 aliphatic rings. The van der Waals surface area contributed by atoms with E-state index in [1.54, 1.807) is 12.1 Å². The highest BCUT2D eigenvalue weighted by Crippen LogP contribution is 2.54. The first-order chi connectivity index (χ1) is 16.1. The third kappa shape index (κ3) is 4.13. The van der Waals surface area contributed by atoms with Crippen molar-refractivity contribution in [2.24, 2.45) is 4.99 Å². The molecular formula is C26H22BrCl3N2O2. The predicted octanol–water partition coefficient (Wildman–Crippen LogP) is 8.41. The van der Waals surface area contributed by atoms with Gasteiger partial charge < -0.3 is 4.74 Å². The Bertz CT molecular complexity index is 1260. The first-order valence-electron chi connectivity index (χ1n) is 10.7. The lowest BCUT2D eigenvalue weighted by molar-refractivity contribution is 0.149. The summed E-state index contributed by atoms with van der Waals surface area (Å²) in [6.45, 7) is 6.31. The van der Waals surface area contributed by atoms with Gasteiger partial charge in [-0.25, -0.2) is 0 Å². The lowest BCUT2D eigenvalue weighted by atomic mass is 9.71. The van der Waals surface area contributed by atoms with Crippen molar-refractivity contribution < 1.29 is 9.53 Å². The van der Waals surface area contributed by atoms with Gasteiger partial charge in [0.05, 0.1) is 12.2 Å². The minimum atomic E-state index is -0.990. The number of halogens is 4. The van der Waals surface area contributed by atoms with Gasteiger partial charge in [0.25, 0.3) is 0 Å². The third-order valence-corrected chi connectivity index (χ3v) is 7.58. The minimum absolute atomic E-state index is 0.422. The molecule has 2 atom stereocenters. The van der Waals surface area contributed by atoms with Crippen LogP contribution in [0.4, 0.5) is 4.79 Å². The fraction of sp³-hybridized carbons (Fsp3) is 0.231. The van der Waals surface area contributed by atoms with Gasteiger partial charge in [-0.2, -0.15) is 0 Å². The highest BCUT2D eigenvalue weighted by atomic mass is 79.9. The quantitative estimate of drug-likeness (QED) is 0.225. The number of amides is 1. The zero-order chi connectivity index (χ0) is 24.7. The van der Waals surface area contributed by atoms with Crippen LogP contribution in [-0.2, 0) is 11.1 Å². The van der Waals surface area contributed by atoms with Crippen LogP contribution >= 0.6 is 50.7 Å². The molecule has 1 heterocycles. The zero-order valence-electron chi connectivity index (χ0n) is 18.8. The van der Waals surface area contributed by atoms with Crippen molar-refractivity contribution in [1.29, 1.82) is 0 Å². The topological polar surface area (TPSA) is 41.9 Å². The van der Waals surface area contributed by atoms with Gasteiger partial charge in [0.2, 0.25) is 0 Å². The first kappa shape index (κ1) is 25.1. The number of hydrogen-bond acceptors (Lipinski definition) is 3.